The Morgan fingerprint density at radius 3 is 2.00 bits per heavy atom. The third kappa shape index (κ3) is 3.97. The first-order chi connectivity index (χ1) is 13.8. The third-order valence-electron chi connectivity index (χ3n) is 4.18. The number of alkyl halides is 6. The molecule has 0 bridgehead atoms. The standard InChI is InChI=1S/C19H10F6O4S/c1-29-16(27)14-15(26)12-6-8(2-3-13(12)30-17(14)28)9-4-10(18(20,21)22)7-11(5-9)19(23,24)25/h2-7,28H,1H3. The second-order valence-electron chi connectivity index (χ2n) is 6.11. The second-order valence-corrected chi connectivity index (χ2v) is 7.14. The van der Waals surface area contributed by atoms with E-state index in [0.717, 1.165) is 13.2 Å². The average molecular weight is 448 g/mol. The maximum absolute atomic E-state index is 13.1. The maximum atomic E-state index is 13.1. The Kier molecular flexibility index (Phi) is 5.27. The Balaban J connectivity index is 2.29. The first-order valence-electron chi connectivity index (χ1n) is 8.01. The van der Waals surface area contributed by atoms with E-state index in [2.05, 4.69) is 4.74 Å². The predicted octanol–water partition coefficient (Wildman–Crippen LogP) is 5.46. The van der Waals surface area contributed by atoms with Crippen LogP contribution < -0.4 is 5.43 Å². The van der Waals surface area contributed by atoms with Crippen LogP contribution in [0, 0.1) is 0 Å². The molecule has 0 aliphatic rings. The number of methoxy groups -OCH3 is 1. The minimum Gasteiger partial charge on any atom is -0.499 e. The molecule has 1 heterocycles. The lowest BCUT2D eigenvalue weighted by molar-refractivity contribution is -0.143. The summed E-state index contributed by atoms with van der Waals surface area (Å²) in [6, 6.07) is 4.60. The molecule has 0 saturated heterocycles. The monoisotopic (exact) mass is 448 g/mol. The van der Waals surface area contributed by atoms with Gasteiger partial charge in [0.1, 0.15) is 0 Å². The lowest BCUT2D eigenvalue weighted by Crippen LogP contribution is -2.16. The highest BCUT2D eigenvalue weighted by atomic mass is 32.1. The van der Waals surface area contributed by atoms with Crippen molar-refractivity contribution in [3.05, 3.63) is 63.3 Å². The summed E-state index contributed by atoms with van der Waals surface area (Å²) in [5.41, 5.74) is -5.16. The fourth-order valence-corrected chi connectivity index (χ4v) is 3.65. The van der Waals surface area contributed by atoms with Crippen LogP contribution in [-0.4, -0.2) is 18.2 Å². The van der Waals surface area contributed by atoms with E-state index >= 15 is 0 Å². The molecule has 0 atom stereocenters. The van der Waals surface area contributed by atoms with Gasteiger partial charge in [-0.3, -0.25) is 4.79 Å². The van der Waals surface area contributed by atoms with Crippen molar-refractivity contribution in [3.8, 4) is 16.2 Å². The van der Waals surface area contributed by atoms with Crippen LogP contribution in [0.25, 0.3) is 21.2 Å². The molecule has 0 amide bonds. The number of ether oxygens (including phenoxy) is 1. The van der Waals surface area contributed by atoms with Gasteiger partial charge in [-0.05, 0) is 41.5 Å². The van der Waals surface area contributed by atoms with E-state index in [9.17, 15) is 41.0 Å². The van der Waals surface area contributed by atoms with Crippen LogP contribution in [0.2, 0.25) is 0 Å². The van der Waals surface area contributed by atoms with Crippen molar-refractivity contribution >= 4 is 27.4 Å². The van der Waals surface area contributed by atoms with Gasteiger partial charge in [0, 0.05) is 10.1 Å². The summed E-state index contributed by atoms with van der Waals surface area (Å²) in [7, 11) is 0.980. The number of carbonyl (C=O) groups excluding carboxylic acids is 1. The average Bonchev–Trinajstić information content (AvgIpc) is 2.65. The number of halogens is 6. The smallest absolute Gasteiger partial charge is 0.416 e. The molecule has 11 heteroatoms. The molecule has 0 saturated carbocycles. The molecule has 0 spiro atoms. The van der Waals surface area contributed by atoms with E-state index in [1.807, 2.05) is 0 Å². The molecule has 1 aromatic heterocycles. The summed E-state index contributed by atoms with van der Waals surface area (Å²) in [4.78, 5) is 24.3. The van der Waals surface area contributed by atoms with Crippen molar-refractivity contribution in [3.63, 3.8) is 0 Å². The van der Waals surface area contributed by atoms with Crippen molar-refractivity contribution in [2.75, 3.05) is 7.11 Å². The van der Waals surface area contributed by atoms with E-state index in [-0.39, 0.29) is 21.7 Å². The number of hydrogen-bond acceptors (Lipinski definition) is 5. The van der Waals surface area contributed by atoms with Gasteiger partial charge in [-0.25, -0.2) is 4.79 Å². The number of aromatic hydroxyl groups is 1. The molecule has 4 nitrogen and oxygen atoms in total. The zero-order chi connectivity index (χ0) is 22.4. The molecule has 3 rings (SSSR count). The van der Waals surface area contributed by atoms with E-state index in [1.54, 1.807) is 0 Å². The zero-order valence-electron chi connectivity index (χ0n) is 14.8. The van der Waals surface area contributed by atoms with Gasteiger partial charge >= 0.3 is 18.3 Å². The molecule has 1 N–H and O–H groups in total. The van der Waals surface area contributed by atoms with Gasteiger partial charge in [0.15, 0.2) is 10.6 Å². The van der Waals surface area contributed by atoms with E-state index in [0.29, 0.717) is 23.5 Å². The van der Waals surface area contributed by atoms with Crippen molar-refractivity contribution in [2.45, 2.75) is 12.4 Å². The molecule has 0 radical (unpaired) electrons. The number of carbonyl (C=O) groups is 1. The second kappa shape index (κ2) is 7.31. The number of esters is 1. The molecular weight excluding hydrogens is 438 g/mol. The van der Waals surface area contributed by atoms with Crippen LogP contribution in [0.1, 0.15) is 21.5 Å². The van der Waals surface area contributed by atoms with E-state index in [1.165, 1.54) is 12.1 Å². The summed E-state index contributed by atoms with van der Waals surface area (Å²) >= 11 is 0.640. The molecule has 3 aromatic rings. The van der Waals surface area contributed by atoms with E-state index in [4.69, 9.17) is 0 Å². The van der Waals surface area contributed by atoms with Crippen LogP contribution in [-0.2, 0) is 17.1 Å². The Morgan fingerprint density at radius 2 is 1.50 bits per heavy atom. The van der Waals surface area contributed by atoms with Gasteiger partial charge in [0.2, 0.25) is 5.43 Å². The molecule has 0 aliphatic carbocycles. The summed E-state index contributed by atoms with van der Waals surface area (Å²) in [6.45, 7) is 0. The lowest BCUT2D eigenvalue weighted by atomic mass is 9.98. The number of rotatable bonds is 2. The Hall–Kier alpha value is -3.08. The zero-order valence-corrected chi connectivity index (χ0v) is 15.6. The molecule has 30 heavy (non-hydrogen) atoms. The van der Waals surface area contributed by atoms with Crippen molar-refractivity contribution < 1.29 is 41.0 Å². The Morgan fingerprint density at radius 1 is 0.933 bits per heavy atom. The first kappa shape index (κ1) is 21.6. The van der Waals surface area contributed by atoms with Crippen LogP contribution in [0.4, 0.5) is 26.3 Å². The first-order valence-corrected chi connectivity index (χ1v) is 8.82. The van der Waals surface area contributed by atoms with Crippen molar-refractivity contribution in [1.82, 2.24) is 0 Å². The topological polar surface area (TPSA) is 63.6 Å². The van der Waals surface area contributed by atoms with Crippen LogP contribution >= 0.6 is 11.3 Å². The summed E-state index contributed by atoms with van der Waals surface area (Å²) in [6.07, 6.45) is -10.1. The van der Waals surface area contributed by atoms with Crippen LogP contribution in [0.15, 0.2) is 41.2 Å². The predicted molar refractivity (Wildman–Crippen MR) is 96.5 cm³/mol. The van der Waals surface area contributed by atoms with Gasteiger partial charge < -0.3 is 9.84 Å². The van der Waals surface area contributed by atoms with E-state index < -0.39 is 51.1 Å². The number of hydrogen-bond donors (Lipinski definition) is 1. The highest BCUT2D eigenvalue weighted by Crippen LogP contribution is 2.39. The summed E-state index contributed by atoms with van der Waals surface area (Å²) in [5, 5.41) is 9.11. The summed E-state index contributed by atoms with van der Waals surface area (Å²) in [5.74, 6) is -1.13. The molecular formula is C19H10F6O4S. The lowest BCUT2D eigenvalue weighted by Gasteiger charge is -2.14. The van der Waals surface area contributed by atoms with Crippen molar-refractivity contribution in [2.24, 2.45) is 0 Å². The maximum Gasteiger partial charge on any atom is 0.416 e. The Bertz CT molecular complexity index is 1180. The SMILES string of the molecule is COC(=O)c1c(O)sc2ccc(-c3cc(C(F)(F)F)cc(C(F)(F)F)c3)cc2c1=O. The Labute approximate surface area is 168 Å². The minimum absolute atomic E-state index is 0.000946. The molecule has 0 fully saturated rings. The highest BCUT2D eigenvalue weighted by molar-refractivity contribution is 7.20. The summed E-state index contributed by atoms with van der Waals surface area (Å²) < 4.78 is 83.2. The number of fused-ring (bicyclic) bond motifs is 1. The fourth-order valence-electron chi connectivity index (χ4n) is 2.77. The molecule has 158 valence electrons. The van der Waals surface area contributed by atoms with Gasteiger partial charge in [0.05, 0.1) is 18.2 Å². The largest absolute Gasteiger partial charge is 0.499 e. The quantitative estimate of drug-likeness (QED) is 0.418. The van der Waals surface area contributed by atoms with Crippen LogP contribution in [0.3, 0.4) is 0 Å². The minimum atomic E-state index is -5.03. The van der Waals surface area contributed by atoms with Gasteiger partial charge in [-0.1, -0.05) is 17.4 Å². The molecule has 0 aliphatic heterocycles. The van der Waals surface area contributed by atoms with Crippen molar-refractivity contribution in [1.29, 1.82) is 0 Å². The molecule has 2 aromatic carbocycles. The third-order valence-corrected chi connectivity index (χ3v) is 5.16. The number of benzene rings is 2. The van der Waals surface area contributed by atoms with Gasteiger partial charge in [-0.2, -0.15) is 26.3 Å². The van der Waals surface area contributed by atoms with Gasteiger partial charge in [0.25, 0.3) is 0 Å². The normalized spacial score (nSPS) is 12.2. The van der Waals surface area contributed by atoms with Crippen LogP contribution in [0.5, 0.6) is 5.06 Å². The fraction of sp³-hybridized carbons (Fsp3) is 0.158. The molecule has 0 unspecified atom stereocenters. The van der Waals surface area contributed by atoms with Gasteiger partial charge in [-0.15, -0.1) is 0 Å². The highest BCUT2D eigenvalue weighted by Gasteiger charge is 2.37.